The third-order valence-electron chi connectivity index (χ3n) is 3.65. The highest BCUT2D eigenvalue weighted by Crippen LogP contribution is 2.28. The molecule has 0 heterocycles. The van der Waals surface area contributed by atoms with Gasteiger partial charge in [-0.1, -0.05) is 22.0 Å². The molecule has 0 aromatic heterocycles. The lowest BCUT2D eigenvalue weighted by molar-refractivity contribution is 0.115. The fourth-order valence-corrected chi connectivity index (χ4v) is 2.40. The molecule has 0 aliphatic heterocycles. The van der Waals surface area contributed by atoms with Crippen LogP contribution in [-0.4, -0.2) is 44.7 Å². The molecule has 1 aromatic rings. The Labute approximate surface area is 163 Å². The van der Waals surface area contributed by atoms with Crippen molar-refractivity contribution in [3.05, 3.63) is 34.1 Å². The summed E-state index contributed by atoms with van der Waals surface area (Å²) in [6, 6.07) is 5.06. The molecule has 0 saturated heterocycles. The zero-order valence-corrected chi connectivity index (χ0v) is 17.4. The SMILES string of the molecule is CN=C(NCc1ccc(Br)cc1F)N(C)CCOCC1CC1.I. The van der Waals surface area contributed by atoms with Gasteiger partial charge in [-0.3, -0.25) is 4.99 Å². The Morgan fingerprint density at radius 2 is 2.22 bits per heavy atom. The summed E-state index contributed by atoms with van der Waals surface area (Å²) in [5.41, 5.74) is 0.614. The van der Waals surface area contributed by atoms with Crippen molar-refractivity contribution in [3.63, 3.8) is 0 Å². The average Bonchev–Trinajstić information content (AvgIpc) is 3.30. The number of halogens is 3. The van der Waals surface area contributed by atoms with E-state index in [1.165, 1.54) is 18.9 Å². The van der Waals surface area contributed by atoms with E-state index in [0.717, 1.165) is 29.5 Å². The number of hydrogen-bond acceptors (Lipinski definition) is 2. The summed E-state index contributed by atoms with van der Waals surface area (Å²) < 4.78 is 20.2. The predicted octanol–water partition coefficient (Wildman–Crippen LogP) is 3.64. The fraction of sp³-hybridized carbons (Fsp3) is 0.562. The van der Waals surface area contributed by atoms with Gasteiger partial charge in [0.15, 0.2) is 5.96 Å². The lowest BCUT2D eigenvalue weighted by Gasteiger charge is -2.22. The minimum absolute atomic E-state index is 0. The van der Waals surface area contributed by atoms with E-state index in [4.69, 9.17) is 4.74 Å². The monoisotopic (exact) mass is 499 g/mol. The molecule has 0 bridgehead atoms. The van der Waals surface area contributed by atoms with Crippen LogP contribution in [0.15, 0.2) is 27.7 Å². The Bertz CT molecular complexity index is 526. The van der Waals surface area contributed by atoms with Crippen molar-refractivity contribution < 1.29 is 9.13 Å². The van der Waals surface area contributed by atoms with E-state index in [1.807, 2.05) is 18.0 Å². The second-order valence-electron chi connectivity index (χ2n) is 5.58. The molecule has 0 amide bonds. The van der Waals surface area contributed by atoms with Gasteiger partial charge in [0.2, 0.25) is 0 Å². The highest BCUT2D eigenvalue weighted by molar-refractivity contribution is 14.0. The van der Waals surface area contributed by atoms with Crippen molar-refractivity contribution in [1.29, 1.82) is 0 Å². The van der Waals surface area contributed by atoms with Crippen LogP contribution in [0.4, 0.5) is 4.39 Å². The van der Waals surface area contributed by atoms with Crippen molar-refractivity contribution in [2.24, 2.45) is 10.9 Å². The molecule has 1 N–H and O–H groups in total. The molecular formula is C16H24BrFIN3O. The van der Waals surface area contributed by atoms with Gasteiger partial charge in [0, 0.05) is 43.8 Å². The third kappa shape index (κ3) is 7.34. The van der Waals surface area contributed by atoms with E-state index in [0.29, 0.717) is 18.7 Å². The minimum atomic E-state index is -0.229. The lowest BCUT2D eigenvalue weighted by Crippen LogP contribution is -2.40. The van der Waals surface area contributed by atoms with Gasteiger partial charge in [-0.2, -0.15) is 0 Å². The molecule has 0 atom stereocenters. The third-order valence-corrected chi connectivity index (χ3v) is 4.14. The van der Waals surface area contributed by atoms with Gasteiger partial charge in [0.25, 0.3) is 0 Å². The fourth-order valence-electron chi connectivity index (χ4n) is 2.07. The molecule has 2 rings (SSSR count). The zero-order chi connectivity index (χ0) is 15.9. The van der Waals surface area contributed by atoms with E-state index in [-0.39, 0.29) is 29.8 Å². The molecule has 1 aliphatic carbocycles. The highest BCUT2D eigenvalue weighted by Gasteiger charge is 2.21. The van der Waals surface area contributed by atoms with Crippen molar-refractivity contribution in [2.45, 2.75) is 19.4 Å². The molecular weight excluding hydrogens is 476 g/mol. The largest absolute Gasteiger partial charge is 0.379 e. The van der Waals surface area contributed by atoms with Gasteiger partial charge in [-0.15, -0.1) is 24.0 Å². The molecule has 130 valence electrons. The molecule has 1 aromatic carbocycles. The standard InChI is InChI=1S/C16H23BrFN3O.HI/c1-19-16(21(2)7-8-22-11-12-3-4-12)20-10-13-5-6-14(17)9-15(13)18;/h5-6,9,12H,3-4,7-8,10-11H2,1-2H3,(H,19,20);1H. The van der Waals surface area contributed by atoms with Crippen LogP contribution in [0, 0.1) is 11.7 Å². The number of hydrogen-bond donors (Lipinski definition) is 1. The van der Waals surface area contributed by atoms with Crippen LogP contribution in [0.3, 0.4) is 0 Å². The van der Waals surface area contributed by atoms with E-state index >= 15 is 0 Å². The topological polar surface area (TPSA) is 36.9 Å². The molecule has 1 aliphatic rings. The van der Waals surface area contributed by atoms with E-state index in [1.54, 1.807) is 13.1 Å². The van der Waals surface area contributed by atoms with Crippen LogP contribution in [0.2, 0.25) is 0 Å². The van der Waals surface area contributed by atoms with Crippen molar-refractivity contribution in [1.82, 2.24) is 10.2 Å². The highest BCUT2D eigenvalue weighted by atomic mass is 127. The second-order valence-corrected chi connectivity index (χ2v) is 6.49. The number of aliphatic imine (C=N–C) groups is 1. The maximum absolute atomic E-state index is 13.8. The molecule has 1 fully saturated rings. The molecule has 1 saturated carbocycles. The Morgan fingerprint density at radius 1 is 1.48 bits per heavy atom. The van der Waals surface area contributed by atoms with Crippen LogP contribution in [0.5, 0.6) is 0 Å². The lowest BCUT2D eigenvalue weighted by atomic mass is 10.2. The van der Waals surface area contributed by atoms with Gasteiger partial charge in [-0.25, -0.2) is 4.39 Å². The van der Waals surface area contributed by atoms with Gasteiger partial charge in [-0.05, 0) is 30.9 Å². The van der Waals surface area contributed by atoms with Gasteiger partial charge < -0.3 is 15.0 Å². The summed E-state index contributed by atoms with van der Waals surface area (Å²) in [6.45, 7) is 2.71. The summed E-state index contributed by atoms with van der Waals surface area (Å²) in [6.07, 6.45) is 2.61. The molecule has 4 nitrogen and oxygen atoms in total. The van der Waals surface area contributed by atoms with Crippen molar-refractivity contribution in [3.8, 4) is 0 Å². The quantitative estimate of drug-likeness (QED) is 0.269. The Hall–Kier alpha value is -0.410. The molecule has 7 heteroatoms. The number of benzene rings is 1. The van der Waals surface area contributed by atoms with Crippen molar-refractivity contribution in [2.75, 3.05) is 33.9 Å². The number of ether oxygens (including phenoxy) is 1. The Kier molecular flexibility index (Phi) is 9.38. The van der Waals surface area contributed by atoms with E-state index in [2.05, 4.69) is 26.2 Å². The van der Waals surface area contributed by atoms with Gasteiger partial charge >= 0.3 is 0 Å². The number of likely N-dealkylation sites (N-methyl/N-ethyl adjacent to an activating group) is 1. The molecule has 0 spiro atoms. The summed E-state index contributed by atoms with van der Waals surface area (Å²) >= 11 is 3.26. The first-order valence-corrected chi connectivity index (χ1v) is 8.33. The summed E-state index contributed by atoms with van der Waals surface area (Å²) in [5, 5.41) is 3.17. The molecule has 0 unspecified atom stereocenters. The maximum atomic E-state index is 13.8. The van der Waals surface area contributed by atoms with Crippen LogP contribution in [-0.2, 0) is 11.3 Å². The number of nitrogens with one attached hydrogen (secondary N) is 1. The second kappa shape index (κ2) is 10.5. The Balaban J connectivity index is 0.00000264. The zero-order valence-electron chi connectivity index (χ0n) is 13.5. The number of rotatable bonds is 7. The van der Waals surface area contributed by atoms with Gasteiger partial charge in [0.1, 0.15) is 5.82 Å². The van der Waals surface area contributed by atoms with E-state index < -0.39 is 0 Å². The predicted molar refractivity (Wildman–Crippen MR) is 106 cm³/mol. The van der Waals surface area contributed by atoms with Crippen LogP contribution >= 0.6 is 39.9 Å². The Morgan fingerprint density at radius 3 is 2.83 bits per heavy atom. The van der Waals surface area contributed by atoms with E-state index in [9.17, 15) is 4.39 Å². The van der Waals surface area contributed by atoms with Crippen LogP contribution in [0.1, 0.15) is 18.4 Å². The maximum Gasteiger partial charge on any atom is 0.193 e. The van der Waals surface area contributed by atoms with Crippen molar-refractivity contribution >= 4 is 45.9 Å². The molecule has 23 heavy (non-hydrogen) atoms. The first kappa shape index (κ1) is 20.6. The van der Waals surface area contributed by atoms with Gasteiger partial charge in [0.05, 0.1) is 6.61 Å². The summed E-state index contributed by atoms with van der Waals surface area (Å²) in [5.74, 6) is 1.29. The van der Waals surface area contributed by atoms with Crippen LogP contribution in [0.25, 0.3) is 0 Å². The number of nitrogens with zero attached hydrogens (tertiary/aromatic N) is 2. The summed E-state index contributed by atoms with van der Waals surface area (Å²) in [4.78, 5) is 6.21. The molecule has 0 radical (unpaired) electrons. The smallest absolute Gasteiger partial charge is 0.193 e. The summed E-state index contributed by atoms with van der Waals surface area (Å²) in [7, 11) is 3.68. The first-order chi connectivity index (χ1) is 10.6. The first-order valence-electron chi connectivity index (χ1n) is 7.53. The average molecular weight is 500 g/mol. The minimum Gasteiger partial charge on any atom is -0.379 e. The number of guanidine groups is 1. The normalized spacial score (nSPS) is 14.3. The van der Waals surface area contributed by atoms with Crippen LogP contribution < -0.4 is 5.32 Å².